The van der Waals surface area contributed by atoms with Crippen LogP contribution in [0.25, 0.3) is 10.7 Å². The Morgan fingerprint density at radius 2 is 2.18 bits per heavy atom. The molecule has 0 radical (unpaired) electrons. The lowest BCUT2D eigenvalue weighted by Gasteiger charge is -2.06. The van der Waals surface area contributed by atoms with Crippen molar-refractivity contribution in [2.75, 3.05) is 11.9 Å². The minimum atomic E-state index is -0.644. The van der Waals surface area contributed by atoms with E-state index in [0.29, 0.717) is 17.1 Å². The average molecular weight is 397 g/mol. The number of tetrazole rings is 1. The molecule has 0 aliphatic carbocycles. The van der Waals surface area contributed by atoms with Gasteiger partial charge in [-0.3, -0.25) is 9.59 Å². The standard InChI is InChI=1S/C18H15N5O4S/c1-10-12-7-11(4-5-13(12)19-18(10)26)14(24)9-27-16(25)8-23-21-17(20-22-23)15-3-2-6-28-15/h2-7,10H,8-9H2,1H3,(H,19,26)/t10-/m0/s1. The van der Waals surface area contributed by atoms with Crippen molar-refractivity contribution >= 4 is 34.7 Å². The molecule has 1 aromatic carbocycles. The highest BCUT2D eigenvalue weighted by Gasteiger charge is 2.27. The first kappa shape index (κ1) is 18.0. The number of hydrogen-bond acceptors (Lipinski definition) is 8. The number of anilines is 1. The van der Waals surface area contributed by atoms with Crippen LogP contribution in [-0.4, -0.2) is 44.5 Å². The summed E-state index contributed by atoms with van der Waals surface area (Å²) < 4.78 is 5.03. The summed E-state index contributed by atoms with van der Waals surface area (Å²) in [5, 5.41) is 16.4. The van der Waals surface area contributed by atoms with Gasteiger partial charge in [-0.15, -0.1) is 21.5 Å². The normalized spacial score (nSPS) is 15.2. The van der Waals surface area contributed by atoms with Crippen LogP contribution >= 0.6 is 11.3 Å². The van der Waals surface area contributed by atoms with E-state index >= 15 is 0 Å². The second-order valence-electron chi connectivity index (χ2n) is 6.22. The number of carbonyl (C=O) groups excluding carboxylic acids is 3. The Hall–Kier alpha value is -3.40. The predicted molar refractivity (Wildman–Crippen MR) is 99.9 cm³/mol. The van der Waals surface area contributed by atoms with E-state index in [0.717, 1.165) is 15.2 Å². The number of Topliss-reactive ketones (excluding diaryl/α,β-unsaturated/α-hetero) is 1. The third-order valence-corrected chi connectivity index (χ3v) is 5.19. The molecule has 1 atom stereocenters. The Bertz CT molecular complexity index is 1060. The minimum absolute atomic E-state index is 0.103. The van der Waals surface area contributed by atoms with Crippen molar-refractivity contribution in [2.45, 2.75) is 19.4 Å². The quantitative estimate of drug-likeness (QED) is 0.499. The lowest BCUT2D eigenvalue weighted by molar-refractivity contribution is -0.143. The summed E-state index contributed by atoms with van der Waals surface area (Å²) in [6.07, 6.45) is 0. The van der Waals surface area contributed by atoms with Crippen LogP contribution in [0.3, 0.4) is 0 Å². The van der Waals surface area contributed by atoms with E-state index in [9.17, 15) is 14.4 Å². The Morgan fingerprint density at radius 3 is 2.96 bits per heavy atom. The van der Waals surface area contributed by atoms with Crippen LogP contribution in [0.2, 0.25) is 0 Å². The number of aromatic nitrogens is 4. The summed E-state index contributed by atoms with van der Waals surface area (Å²) in [6, 6.07) is 8.65. The number of benzene rings is 1. The van der Waals surface area contributed by atoms with Crippen LogP contribution in [0.4, 0.5) is 5.69 Å². The third-order valence-electron chi connectivity index (χ3n) is 4.32. The zero-order valence-corrected chi connectivity index (χ0v) is 15.6. The number of amides is 1. The minimum Gasteiger partial charge on any atom is -0.456 e. The predicted octanol–water partition coefficient (Wildman–Crippen LogP) is 1.88. The van der Waals surface area contributed by atoms with Gasteiger partial charge in [0.2, 0.25) is 11.7 Å². The van der Waals surface area contributed by atoms with Crippen LogP contribution in [0, 0.1) is 0 Å². The van der Waals surface area contributed by atoms with Crippen molar-refractivity contribution in [3.05, 3.63) is 46.8 Å². The highest BCUT2D eigenvalue weighted by atomic mass is 32.1. The van der Waals surface area contributed by atoms with Crippen molar-refractivity contribution < 1.29 is 19.1 Å². The van der Waals surface area contributed by atoms with Crippen LogP contribution in [0.15, 0.2) is 35.7 Å². The number of ketones is 1. The number of thiophene rings is 1. The van der Waals surface area contributed by atoms with Gasteiger partial charge in [0.15, 0.2) is 18.9 Å². The maximum Gasteiger partial charge on any atom is 0.330 e. The number of ether oxygens (including phenoxy) is 1. The highest BCUT2D eigenvalue weighted by molar-refractivity contribution is 7.13. The maximum absolute atomic E-state index is 12.3. The number of hydrogen-bond donors (Lipinski definition) is 1. The number of esters is 1. The smallest absolute Gasteiger partial charge is 0.330 e. The Labute approximate surface area is 163 Å². The SMILES string of the molecule is C[C@@H]1C(=O)Nc2ccc(C(=O)COC(=O)Cn3nnc(-c4cccs4)n3)cc21. The molecule has 0 spiro atoms. The van der Waals surface area contributed by atoms with E-state index in [4.69, 9.17) is 4.74 Å². The molecule has 10 heteroatoms. The van der Waals surface area contributed by atoms with Crippen molar-refractivity contribution in [3.63, 3.8) is 0 Å². The van der Waals surface area contributed by atoms with Crippen molar-refractivity contribution in [1.29, 1.82) is 0 Å². The molecule has 1 N–H and O–H groups in total. The molecular weight excluding hydrogens is 382 g/mol. The second-order valence-corrected chi connectivity index (χ2v) is 7.17. The molecule has 0 saturated heterocycles. The van der Waals surface area contributed by atoms with Gasteiger partial charge in [0.05, 0.1) is 10.8 Å². The highest BCUT2D eigenvalue weighted by Crippen LogP contribution is 2.32. The largest absolute Gasteiger partial charge is 0.456 e. The van der Waals surface area contributed by atoms with Gasteiger partial charge in [-0.2, -0.15) is 4.80 Å². The topological polar surface area (TPSA) is 116 Å². The number of fused-ring (bicyclic) bond motifs is 1. The first-order valence-corrected chi connectivity index (χ1v) is 9.34. The molecule has 1 aliphatic heterocycles. The van der Waals surface area contributed by atoms with Crippen LogP contribution in [0.5, 0.6) is 0 Å². The summed E-state index contributed by atoms with van der Waals surface area (Å²) >= 11 is 1.46. The van der Waals surface area contributed by atoms with Crippen molar-refractivity contribution in [3.8, 4) is 10.7 Å². The molecule has 3 aromatic rings. The van der Waals surface area contributed by atoms with Gasteiger partial charge < -0.3 is 10.1 Å². The second kappa shape index (κ2) is 7.31. The molecule has 1 amide bonds. The lowest BCUT2D eigenvalue weighted by atomic mass is 9.99. The van der Waals surface area contributed by atoms with Crippen LogP contribution in [0.1, 0.15) is 28.8 Å². The maximum atomic E-state index is 12.3. The Morgan fingerprint density at radius 1 is 1.32 bits per heavy atom. The number of carbonyl (C=O) groups is 3. The summed E-state index contributed by atoms with van der Waals surface area (Å²) in [6.45, 7) is 1.12. The van der Waals surface area contributed by atoms with E-state index < -0.39 is 12.6 Å². The van der Waals surface area contributed by atoms with Crippen LogP contribution < -0.4 is 5.32 Å². The zero-order valence-electron chi connectivity index (χ0n) is 14.8. The zero-order chi connectivity index (χ0) is 19.7. The molecule has 142 valence electrons. The molecular formula is C18H15N5O4S. The van der Waals surface area contributed by atoms with Gasteiger partial charge >= 0.3 is 5.97 Å². The average Bonchev–Trinajstić information content (AvgIpc) is 3.41. The summed E-state index contributed by atoms with van der Waals surface area (Å²) in [5.74, 6) is -0.993. The van der Waals surface area contributed by atoms with Gasteiger partial charge in [-0.1, -0.05) is 6.07 Å². The fourth-order valence-electron chi connectivity index (χ4n) is 2.80. The summed E-state index contributed by atoms with van der Waals surface area (Å²) in [5.41, 5.74) is 1.84. The molecule has 2 aromatic heterocycles. The van der Waals surface area contributed by atoms with Crippen LogP contribution in [-0.2, 0) is 20.9 Å². The van der Waals surface area contributed by atoms with E-state index in [-0.39, 0.29) is 24.2 Å². The number of nitrogens with one attached hydrogen (secondary N) is 1. The van der Waals surface area contributed by atoms with Gasteiger partial charge in [0, 0.05) is 11.3 Å². The number of rotatable bonds is 6. The van der Waals surface area contributed by atoms with Crippen molar-refractivity contribution in [2.24, 2.45) is 0 Å². The van der Waals surface area contributed by atoms with Gasteiger partial charge in [0.1, 0.15) is 0 Å². The van der Waals surface area contributed by atoms with Gasteiger partial charge in [0.25, 0.3) is 0 Å². The molecule has 9 nitrogen and oxygen atoms in total. The molecule has 0 saturated carbocycles. The van der Waals surface area contributed by atoms with Crippen molar-refractivity contribution in [1.82, 2.24) is 20.2 Å². The van der Waals surface area contributed by atoms with Gasteiger partial charge in [-0.25, -0.2) is 4.79 Å². The number of nitrogens with zero attached hydrogens (tertiary/aromatic N) is 4. The first-order chi connectivity index (χ1) is 13.5. The Kier molecular flexibility index (Phi) is 4.70. The fourth-order valence-corrected chi connectivity index (χ4v) is 3.44. The summed E-state index contributed by atoms with van der Waals surface area (Å²) in [7, 11) is 0. The monoisotopic (exact) mass is 397 g/mol. The fraction of sp³-hybridized carbons (Fsp3) is 0.222. The molecule has 1 aliphatic rings. The molecule has 0 unspecified atom stereocenters. The van der Waals surface area contributed by atoms with E-state index in [1.54, 1.807) is 25.1 Å². The Balaban J connectivity index is 1.34. The molecule has 4 rings (SSSR count). The summed E-state index contributed by atoms with van der Waals surface area (Å²) in [4.78, 5) is 37.9. The molecule has 0 fully saturated rings. The van der Waals surface area contributed by atoms with E-state index in [2.05, 4.69) is 20.7 Å². The third kappa shape index (κ3) is 3.54. The lowest BCUT2D eigenvalue weighted by Crippen LogP contribution is -2.20. The van der Waals surface area contributed by atoms with Gasteiger partial charge in [-0.05, 0) is 47.3 Å². The first-order valence-electron chi connectivity index (χ1n) is 8.46. The molecule has 3 heterocycles. The van der Waals surface area contributed by atoms with E-state index in [1.807, 2.05) is 17.5 Å². The molecule has 28 heavy (non-hydrogen) atoms. The van der Waals surface area contributed by atoms with E-state index in [1.165, 1.54) is 11.3 Å². The molecule has 0 bridgehead atoms.